The van der Waals surface area contributed by atoms with Gasteiger partial charge in [0.1, 0.15) is 0 Å². The van der Waals surface area contributed by atoms with Gasteiger partial charge in [-0.05, 0) is 48.7 Å². The van der Waals surface area contributed by atoms with Gasteiger partial charge < -0.3 is 5.73 Å². The van der Waals surface area contributed by atoms with Gasteiger partial charge in [-0.25, -0.2) is 0 Å². The van der Waals surface area contributed by atoms with Crippen molar-refractivity contribution in [3.05, 3.63) is 55.7 Å². The van der Waals surface area contributed by atoms with Crippen molar-refractivity contribution in [1.29, 1.82) is 0 Å². The quantitative estimate of drug-likeness (QED) is 0.891. The number of aryl methyl sites for hydroxylation is 2. The Morgan fingerprint density at radius 1 is 1.29 bits per heavy atom. The largest absolute Gasteiger partial charge is 0.320 e. The maximum atomic E-state index is 6.33. The summed E-state index contributed by atoms with van der Waals surface area (Å²) in [6.07, 6.45) is 1.08. The molecule has 0 fully saturated rings. The Balaban J connectivity index is 2.33. The van der Waals surface area contributed by atoms with Crippen molar-refractivity contribution in [3.8, 4) is 0 Å². The van der Waals surface area contributed by atoms with Gasteiger partial charge in [0.2, 0.25) is 0 Å². The minimum Gasteiger partial charge on any atom is -0.320 e. The van der Waals surface area contributed by atoms with Crippen LogP contribution in [0.3, 0.4) is 0 Å². The Hall–Kier alpha value is -0.640. The molecule has 17 heavy (non-hydrogen) atoms. The van der Waals surface area contributed by atoms with E-state index in [2.05, 4.69) is 60.1 Å². The molecule has 2 aromatic rings. The number of halogens is 1. The van der Waals surface area contributed by atoms with Crippen LogP contribution in [0.5, 0.6) is 0 Å². The lowest BCUT2D eigenvalue weighted by Gasteiger charge is -2.13. The summed E-state index contributed by atoms with van der Waals surface area (Å²) in [5, 5.41) is 0. The molecule has 1 aromatic heterocycles. The lowest BCUT2D eigenvalue weighted by atomic mass is 10.0. The Bertz CT molecular complexity index is 519. The molecule has 0 amide bonds. The SMILES string of the molecule is CCc1ccc(C(N)c2ccc(Br)cc2C)s1. The molecule has 1 aromatic carbocycles. The first-order valence-corrected chi connectivity index (χ1v) is 7.33. The Morgan fingerprint density at radius 3 is 2.65 bits per heavy atom. The maximum Gasteiger partial charge on any atom is 0.0648 e. The summed E-state index contributed by atoms with van der Waals surface area (Å²) in [6, 6.07) is 10.6. The van der Waals surface area contributed by atoms with Gasteiger partial charge in [-0.3, -0.25) is 0 Å². The molecule has 1 unspecified atom stereocenters. The van der Waals surface area contributed by atoms with Gasteiger partial charge in [-0.15, -0.1) is 11.3 Å². The fourth-order valence-corrected chi connectivity index (χ4v) is 3.34. The smallest absolute Gasteiger partial charge is 0.0648 e. The van der Waals surface area contributed by atoms with Gasteiger partial charge in [-0.2, -0.15) is 0 Å². The number of rotatable bonds is 3. The molecule has 0 radical (unpaired) electrons. The van der Waals surface area contributed by atoms with E-state index < -0.39 is 0 Å². The Morgan fingerprint density at radius 2 is 2.06 bits per heavy atom. The summed E-state index contributed by atoms with van der Waals surface area (Å²) in [6.45, 7) is 4.28. The second-order valence-electron chi connectivity index (χ2n) is 4.14. The van der Waals surface area contributed by atoms with Gasteiger partial charge in [0.25, 0.3) is 0 Å². The van der Waals surface area contributed by atoms with Crippen LogP contribution in [0.25, 0.3) is 0 Å². The first-order chi connectivity index (χ1) is 8.11. The van der Waals surface area contributed by atoms with Crippen molar-refractivity contribution in [2.24, 2.45) is 5.73 Å². The Labute approximate surface area is 115 Å². The lowest BCUT2D eigenvalue weighted by Crippen LogP contribution is -2.11. The van der Waals surface area contributed by atoms with Crippen molar-refractivity contribution in [3.63, 3.8) is 0 Å². The van der Waals surface area contributed by atoms with E-state index in [1.54, 1.807) is 0 Å². The molecule has 3 heteroatoms. The van der Waals surface area contributed by atoms with Crippen molar-refractivity contribution >= 4 is 27.3 Å². The molecule has 0 aliphatic heterocycles. The number of benzene rings is 1. The number of hydrogen-bond acceptors (Lipinski definition) is 2. The fourth-order valence-electron chi connectivity index (χ4n) is 1.89. The zero-order valence-electron chi connectivity index (χ0n) is 10.0. The molecule has 0 aliphatic rings. The van der Waals surface area contributed by atoms with Crippen LogP contribution < -0.4 is 5.73 Å². The average molecular weight is 310 g/mol. The number of hydrogen-bond donors (Lipinski definition) is 1. The highest BCUT2D eigenvalue weighted by molar-refractivity contribution is 9.10. The first kappa shape index (κ1) is 12.8. The molecule has 90 valence electrons. The molecule has 1 heterocycles. The van der Waals surface area contributed by atoms with Gasteiger partial charge in [0.15, 0.2) is 0 Å². The Kier molecular flexibility index (Phi) is 4.02. The van der Waals surface area contributed by atoms with Crippen LogP contribution in [0.1, 0.15) is 33.8 Å². The fraction of sp³-hybridized carbons (Fsp3) is 0.286. The third-order valence-electron chi connectivity index (χ3n) is 2.90. The van der Waals surface area contributed by atoms with Crippen molar-refractivity contribution < 1.29 is 0 Å². The van der Waals surface area contributed by atoms with Crippen LogP contribution in [0, 0.1) is 6.92 Å². The van der Waals surface area contributed by atoms with E-state index >= 15 is 0 Å². The third kappa shape index (κ3) is 2.79. The van der Waals surface area contributed by atoms with E-state index in [1.165, 1.54) is 20.9 Å². The first-order valence-electron chi connectivity index (χ1n) is 5.72. The molecule has 1 nitrogen and oxygen atoms in total. The van der Waals surface area contributed by atoms with Crippen molar-refractivity contribution in [1.82, 2.24) is 0 Å². The summed E-state index contributed by atoms with van der Waals surface area (Å²) in [5.41, 5.74) is 8.77. The number of thiophene rings is 1. The molecule has 2 rings (SSSR count). The van der Waals surface area contributed by atoms with Crippen LogP contribution in [0.4, 0.5) is 0 Å². The van der Waals surface area contributed by atoms with Crippen LogP contribution in [-0.4, -0.2) is 0 Å². The van der Waals surface area contributed by atoms with E-state index in [4.69, 9.17) is 5.73 Å². The summed E-state index contributed by atoms with van der Waals surface area (Å²) >= 11 is 5.29. The van der Waals surface area contributed by atoms with E-state index in [0.717, 1.165) is 10.9 Å². The van der Waals surface area contributed by atoms with Crippen LogP contribution in [0.15, 0.2) is 34.8 Å². The van der Waals surface area contributed by atoms with Crippen molar-refractivity contribution in [2.45, 2.75) is 26.3 Å². The minimum absolute atomic E-state index is 0.00611. The zero-order chi connectivity index (χ0) is 12.4. The van der Waals surface area contributed by atoms with Crippen LogP contribution in [-0.2, 0) is 6.42 Å². The second kappa shape index (κ2) is 5.34. The van der Waals surface area contributed by atoms with Gasteiger partial charge in [0, 0.05) is 14.2 Å². The standard InChI is InChI=1S/C14H16BrNS/c1-3-11-5-7-13(17-11)14(16)12-6-4-10(15)8-9(12)2/h4-8,14H,3,16H2,1-2H3. The summed E-state index contributed by atoms with van der Waals surface area (Å²) in [4.78, 5) is 2.64. The molecule has 0 saturated heterocycles. The van der Waals surface area contributed by atoms with Gasteiger partial charge in [-0.1, -0.05) is 28.9 Å². The topological polar surface area (TPSA) is 26.0 Å². The highest BCUT2D eigenvalue weighted by Gasteiger charge is 2.13. The third-order valence-corrected chi connectivity index (χ3v) is 4.71. The summed E-state index contributed by atoms with van der Waals surface area (Å²) in [5.74, 6) is 0. The highest BCUT2D eigenvalue weighted by atomic mass is 79.9. The monoisotopic (exact) mass is 309 g/mol. The summed E-state index contributed by atoms with van der Waals surface area (Å²) < 4.78 is 1.10. The molecule has 0 saturated carbocycles. The zero-order valence-corrected chi connectivity index (χ0v) is 12.4. The summed E-state index contributed by atoms with van der Waals surface area (Å²) in [7, 11) is 0. The maximum absolute atomic E-state index is 6.33. The molecular weight excluding hydrogens is 294 g/mol. The molecule has 0 spiro atoms. The molecule has 0 aliphatic carbocycles. The molecular formula is C14H16BrNS. The highest BCUT2D eigenvalue weighted by Crippen LogP contribution is 2.29. The van der Waals surface area contributed by atoms with Crippen LogP contribution in [0.2, 0.25) is 0 Å². The van der Waals surface area contributed by atoms with Crippen LogP contribution >= 0.6 is 27.3 Å². The van der Waals surface area contributed by atoms with E-state index in [-0.39, 0.29) is 6.04 Å². The van der Waals surface area contributed by atoms with Gasteiger partial charge >= 0.3 is 0 Å². The second-order valence-corrected chi connectivity index (χ2v) is 6.25. The van der Waals surface area contributed by atoms with Gasteiger partial charge in [0.05, 0.1) is 6.04 Å². The van der Waals surface area contributed by atoms with E-state index in [1.807, 2.05) is 11.3 Å². The van der Waals surface area contributed by atoms with Crippen molar-refractivity contribution in [2.75, 3.05) is 0 Å². The average Bonchev–Trinajstić information content (AvgIpc) is 2.76. The normalized spacial score (nSPS) is 12.7. The van der Waals surface area contributed by atoms with E-state index in [9.17, 15) is 0 Å². The molecule has 1 atom stereocenters. The van der Waals surface area contributed by atoms with E-state index in [0.29, 0.717) is 0 Å². The minimum atomic E-state index is -0.00611. The molecule has 0 bridgehead atoms. The predicted molar refractivity (Wildman–Crippen MR) is 78.6 cm³/mol. The lowest BCUT2D eigenvalue weighted by molar-refractivity contribution is 0.882. The molecule has 2 N–H and O–H groups in total. The predicted octanol–water partition coefficient (Wildman–Crippen LogP) is 4.43. The number of nitrogens with two attached hydrogens (primary N) is 1.